The van der Waals surface area contributed by atoms with E-state index in [0.717, 1.165) is 0 Å². The predicted molar refractivity (Wildman–Crippen MR) is 131 cm³/mol. The van der Waals surface area contributed by atoms with Gasteiger partial charge in [0.2, 0.25) is 0 Å². The van der Waals surface area contributed by atoms with E-state index in [4.69, 9.17) is 11.6 Å². The van der Waals surface area contributed by atoms with Gasteiger partial charge in [0.15, 0.2) is 0 Å². The molecule has 1 unspecified atom stereocenters. The molecule has 0 fully saturated rings. The van der Waals surface area contributed by atoms with Crippen LogP contribution < -0.4 is 0 Å². The van der Waals surface area contributed by atoms with Crippen LogP contribution in [0.25, 0.3) is 0 Å². The van der Waals surface area contributed by atoms with Gasteiger partial charge in [0, 0.05) is 5.38 Å². The smallest absolute Gasteiger partial charge is 0.0336 e. The second-order valence-corrected chi connectivity index (χ2v) is 8.90. The lowest BCUT2D eigenvalue weighted by atomic mass is 10.0. The van der Waals surface area contributed by atoms with Crippen LogP contribution in [0.15, 0.2) is 36.4 Å². The van der Waals surface area contributed by atoms with Crippen molar-refractivity contribution >= 4 is 11.6 Å². The molecule has 0 aliphatic rings. The first-order valence-electron chi connectivity index (χ1n) is 12.4. The molecular formula is C27H49Cl. The monoisotopic (exact) mass is 408 g/mol. The van der Waals surface area contributed by atoms with Crippen LogP contribution in [-0.2, 0) is 0 Å². The number of alkyl halides is 1. The van der Waals surface area contributed by atoms with Gasteiger partial charge in [-0.25, -0.2) is 0 Å². The lowest BCUT2D eigenvalue weighted by Gasteiger charge is -2.08. The fraction of sp³-hybridized carbons (Fsp3) is 0.778. The molecule has 1 heteroatoms. The summed E-state index contributed by atoms with van der Waals surface area (Å²) in [6.07, 6.45) is 25.2. The maximum absolute atomic E-state index is 6.31. The van der Waals surface area contributed by atoms with Crippen molar-refractivity contribution in [1.29, 1.82) is 0 Å². The first kappa shape index (κ1) is 27.5. The standard InChI is InChI=1S/C21H43Cl.C6H6/c1-3-5-7-8-9-10-11-12-13-14-15-16-17-18-20-21(22)19-6-4-2;1-2-4-6-5-3-1/h21H,3-20H2,1-2H3;1-6H. The molecule has 1 aromatic carbocycles. The first-order valence-corrected chi connectivity index (χ1v) is 12.9. The molecule has 0 saturated carbocycles. The molecule has 0 saturated heterocycles. The third kappa shape index (κ3) is 23.5. The van der Waals surface area contributed by atoms with Gasteiger partial charge >= 0.3 is 0 Å². The number of rotatable bonds is 18. The number of hydrogen-bond donors (Lipinski definition) is 0. The van der Waals surface area contributed by atoms with Crippen LogP contribution in [0.4, 0.5) is 0 Å². The van der Waals surface area contributed by atoms with Crippen LogP contribution in [0.1, 0.15) is 129 Å². The van der Waals surface area contributed by atoms with Gasteiger partial charge in [-0.15, -0.1) is 11.6 Å². The summed E-state index contributed by atoms with van der Waals surface area (Å²) in [6.45, 7) is 4.54. The minimum atomic E-state index is 0.442. The van der Waals surface area contributed by atoms with Crippen molar-refractivity contribution < 1.29 is 0 Å². The van der Waals surface area contributed by atoms with Gasteiger partial charge in [0.1, 0.15) is 0 Å². The largest absolute Gasteiger partial charge is 0.123 e. The average Bonchev–Trinajstić information content (AvgIpc) is 2.74. The van der Waals surface area contributed by atoms with E-state index >= 15 is 0 Å². The molecule has 1 rings (SSSR count). The summed E-state index contributed by atoms with van der Waals surface area (Å²) < 4.78 is 0. The Labute approximate surface area is 182 Å². The Balaban J connectivity index is 0.00000102. The number of unbranched alkanes of at least 4 members (excludes halogenated alkanes) is 14. The van der Waals surface area contributed by atoms with Crippen LogP contribution in [0.3, 0.4) is 0 Å². The Morgan fingerprint density at radius 2 is 0.714 bits per heavy atom. The summed E-state index contributed by atoms with van der Waals surface area (Å²) >= 11 is 6.31. The molecule has 0 spiro atoms. The Kier molecular flexibility index (Phi) is 24.1. The third-order valence-corrected chi connectivity index (χ3v) is 5.84. The van der Waals surface area contributed by atoms with Gasteiger partial charge in [0.25, 0.3) is 0 Å². The van der Waals surface area contributed by atoms with Crippen LogP contribution in [0.5, 0.6) is 0 Å². The molecule has 0 heterocycles. The summed E-state index contributed by atoms with van der Waals surface area (Å²) in [4.78, 5) is 0. The molecule has 0 aliphatic carbocycles. The molecule has 0 bridgehead atoms. The molecule has 0 radical (unpaired) electrons. The van der Waals surface area contributed by atoms with Gasteiger partial charge in [-0.3, -0.25) is 0 Å². The first-order chi connectivity index (χ1) is 13.8. The topological polar surface area (TPSA) is 0 Å². The summed E-state index contributed by atoms with van der Waals surface area (Å²) in [5.74, 6) is 0. The second kappa shape index (κ2) is 24.5. The van der Waals surface area contributed by atoms with Crippen molar-refractivity contribution in [3.05, 3.63) is 36.4 Å². The van der Waals surface area contributed by atoms with Gasteiger partial charge in [0.05, 0.1) is 0 Å². The summed E-state index contributed by atoms with van der Waals surface area (Å²) in [7, 11) is 0. The van der Waals surface area contributed by atoms with Crippen molar-refractivity contribution in [3.63, 3.8) is 0 Å². The Morgan fingerprint density at radius 1 is 0.429 bits per heavy atom. The van der Waals surface area contributed by atoms with E-state index in [1.807, 2.05) is 36.4 Å². The molecule has 164 valence electrons. The molecule has 28 heavy (non-hydrogen) atoms. The molecule has 0 aromatic heterocycles. The second-order valence-electron chi connectivity index (χ2n) is 8.28. The quantitative estimate of drug-likeness (QED) is 0.167. The normalized spacial score (nSPS) is 11.7. The maximum atomic E-state index is 6.31. The van der Waals surface area contributed by atoms with Crippen LogP contribution in [-0.4, -0.2) is 5.38 Å². The molecule has 1 aromatic rings. The van der Waals surface area contributed by atoms with Crippen LogP contribution in [0, 0.1) is 0 Å². The third-order valence-electron chi connectivity index (χ3n) is 5.41. The van der Waals surface area contributed by atoms with E-state index in [1.54, 1.807) is 0 Å². The minimum Gasteiger partial charge on any atom is -0.123 e. The highest BCUT2D eigenvalue weighted by molar-refractivity contribution is 6.20. The molecule has 1 atom stereocenters. The fourth-order valence-electron chi connectivity index (χ4n) is 3.52. The van der Waals surface area contributed by atoms with Gasteiger partial charge < -0.3 is 0 Å². The molecular weight excluding hydrogens is 360 g/mol. The van der Waals surface area contributed by atoms with E-state index < -0.39 is 0 Å². The van der Waals surface area contributed by atoms with Crippen molar-refractivity contribution in [2.24, 2.45) is 0 Å². The lowest BCUT2D eigenvalue weighted by Crippen LogP contribution is -1.97. The van der Waals surface area contributed by atoms with Crippen molar-refractivity contribution in [1.82, 2.24) is 0 Å². The zero-order chi connectivity index (χ0) is 20.5. The summed E-state index contributed by atoms with van der Waals surface area (Å²) in [6, 6.07) is 12.0. The number of benzene rings is 1. The van der Waals surface area contributed by atoms with Crippen molar-refractivity contribution in [3.8, 4) is 0 Å². The van der Waals surface area contributed by atoms with Gasteiger partial charge in [-0.05, 0) is 12.8 Å². The lowest BCUT2D eigenvalue weighted by molar-refractivity contribution is 0.526. The zero-order valence-electron chi connectivity index (χ0n) is 19.1. The van der Waals surface area contributed by atoms with Crippen molar-refractivity contribution in [2.75, 3.05) is 0 Å². The zero-order valence-corrected chi connectivity index (χ0v) is 19.9. The van der Waals surface area contributed by atoms with Crippen molar-refractivity contribution in [2.45, 2.75) is 135 Å². The molecule has 0 aliphatic heterocycles. The molecule has 0 N–H and O–H groups in total. The summed E-state index contributed by atoms with van der Waals surface area (Å²) in [5, 5.41) is 0.442. The van der Waals surface area contributed by atoms with E-state index in [9.17, 15) is 0 Å². The highest BCUT2D eigenvalue weighted by Gasteiger charge is 2.03. The van der Waals surface area contributed by atoms with Crippen LogP contribution in [0.2, 0.25) is 0 Å². The van der Waals surface area contributed by atoms with E-state index in [0.29, 0.717) is 5.38 Å². The number of hydrogen-bond acceptors (Lipinski definition) is 0. The predicted octanol–water partition coefficient (Wildman–Crippen LogP) is 10.3. The van der Waals surface area contributed by atoms with E-state index in [-0.39, 0.29) is 0 Å². The molecule has 0 nitrogen and oxygen atoms in total. The maximum Gasteiger partial charge on any atom is 0.0336 e. The van der Waals surface area contributed by atoms with Crippen LogP contribution >= 0.6 is 11.6 Å². The fourth-order valence-corrected chi connectivity index (χ4v) is 3.82. The Morgan fingerprint density at radius 3 is 1.07 bits per heavy atom. The van der Waals surface area contributed by atoms with Gasteiger partial charge in [-0.1, -0.05) is 153 Å². The minimum absolute atomic E-state index is 0.442. The van der Waals surface area contributed by atoms with Gasteiger partial charge in [-0.2, -0.15) is 0 Å². The SMILES string of the molecule is CCCCCCCCCCCCCCCCC(Cl)CCCC.c1ccccc1. The summed E-state index contributed by atoms with van der Waals surface area (Å²) in [5.41, 5.74) is 0. The number of halogens is 1. The molecule has 0 amide bonds. The Hall–Kier alpha value is -0.490. The highest BCUT2D eigenvalue weighted by atomic mass is 35.5. The highest BCUT2D eigenvalue weighted by Crippen LogP contribution is 2.17. The Bertz CT molecular complexity index is 335. The van der Waals surface area contributed by atoms with E-state index in [1.165, 1.54) is 116 Å². The average molecular weight is 409 g/mol. The van der Waals surface area contributed by atoms with E-state index in [2.05, 4.69) is 13.8 Å².